The molecule has 3 rings (SSSR count). The standard InChI is InChI=1S/C16H23N3O3/c1-12(2)17-16(20)19-7-5-18(6-8-19)10-13-3-4-14-15(9-13)22-11-21-14/h3-4,9,12H,5-8,10-11H2,1-2H3,(H,17,20). The van der Waals surface area contributed by atoms with E-state index in [1.54, 1.807) is 0 Å². The van der Waals surface area contributed by atoms with E-state index < -0.39 is 0 Å². The molecule has 0 saturated carbocycles. The van der Waals surface area contributed by atoms with Crippen LogP contribution in [0.3, 0.4) is 0 Å². The first-order valence-electron chi connectivity index (χ1n) is 7.78. The van der Waals surface area contributed by atoms with Crippen molar-refractivity contribution >= 4 is 6.03 Å². The number of benzene rings is 1. The molecule has 2 amide bonds. The van der Waals surface area contributed by atoms with Crippen molar-refractivity contribution in [2.45, 2.75) is 26.4 Å². The summed E-state index contributed by atoms with van der Waals surface area (Å²) in [7, 11) is 0. The fraction of sp³-hybridized carbons (Fsp3) is 0.562. The molecule has 0 atom stereocenters. The van der Waals surface area contributed by atoms with Gasteiger partial charge in [0.05, 0.1) is 0 Å². The fourth-order valence-electron chi connectivity index (χ4n) is 2.74. The van der Waals surface area contributed by atoms with Crippen LogP contribution in [0, 0.1) is 0 Å². The number of hydrogen-bond donors (Lipinski definition) is 1. The molecule has 120 valence electrons. The van der Waals surface area contributed by atoms with Crippen molar-refractivity contribution in [3.05, 3.63) is 23.8 Å². The Labute approximate surface area is 131 Å². The highest BCUT2D eigenvalue weighted by Gasteiger charge is 2.22. The van der Waals surface area contributed by atoms with Crippen LogP contribution in [0.2, 0.25) is 0 Å². The van der Waals surface area contributed by atoms with E-state index in [4.69, 9.17) is 9.47 Å². The van der Waals surface area contributed by atoms with Crippen LogP contribution in [0.4, 0.5) is 4.79 Å². The molecule has 0 unspecified atom stereocenters. The highest BCUT2D eigenvalue weighted by atomic mass is 16.7. The SMILES string of the molecule is CC(C)NC(=O)N1CCN(Cc2ccc3c(c2)OCO3)CC1. The number of fused-ring (bicyclic) bond motifs is 1. The first-order valence-corrected chi connectivity index (χ1v) is 7.78. The number of nitrogens with zero attached hydrogens (tertiary/aromatic N) is 2. The average molecular weight is 305 g/mol. The van der Waals surface area contributed by atoms with Crippen LogP contribution in [0.25, 0.3) is 0 Å². The molecule has 6 heteroatoms. The zero-order valence-electron chi connectivity index (χ0n) is 13.2. The molecule has 22 heavy (non-hydrogen) atoms. The van der Waals surface area contributed by atoms with Crippen LogP contribution >= 0.6 is 0 Å². The van der Waals surface area contributed by atoms with Gasteiger partial charge in [0.1, 0.15) is 0 Å². The third kappa shape index (κ3) is 3.44. The van der Waals surface area contributed by atoms with E-state index in [1.165, 1.54) is 5.56 Å². The number of piperazine rings is 1. The Morgan fingerprint density at radius 2 is 1.91 bits per heavy atom. The highest BCUT2D eigenvalue weighted by molar-refractivity contribution is 5.74. The van der Waals surface area contributed by atoms with Gasteiger partial charge in [-0.2, -0.15) is 0 Å². The zero-order chi connectivity index (χ0) is 15.5. The lowest BCUT2D eigenvalue weighted by Crippen LogP contribution is -2.52. The van der Waals surface area contributed by atoms with Gasteiger partial charge in [0.15, 0.2) is 11.5 Å². The van der Waals surface area contributed by atoms with Gasteiger partial charge in [0.2, 0.25) is 6.79 Å². The summed E-state index contributed by atoms with van der Waals surface area (Å²) >= 11 is 0. The summed E-state index contributed by atoms with van der Waals surface area (Å²) in [6.07, 6.45) is 0. The largest absolute Gasteiger partial charge is 0.454 e. The summed E-state index contributed by atoms with van der Waals surface area (Å²) in [5.41, 5.74) is 1.21. The predicted octanol–water partition coefficient (Wildman–Crippen LogP) is 1.65. The lowest BCUT2D eigenvalue weighted by atomic mass is 10.1. The number of amides is 2. The number of urea groups is 1. The molecular formula is C16H23N3O3. The van der Waals surface area contributed by atoms with Gasteiger partial charge in [-0.15, -0.1) is 0 Å². The molecule has 6 nitrogen and oxygen atoms in total. The molecule has 2 aliphatic heterocycles. The van der Waals surface area contributed by atoms with E-state index in [-0.39, 0.29) is 12.1 Å². The summed E-state index contributed by atoms with van der Waals surface area (Å²) in [6.45, 7) is 8.45. The molecule has 2 aliphatic rings. The maximum atomic E-state index is 12.0. The number of rotatable bonds is 3. The Hall–Kier alpha value is -1.95. The maximum Gasteiger partial charge on any atom is 0.317 e. The molecule has 1 aromatic rings. The average Bonchev–Trinajstić information content (AvgIpc) is 2.95. The molecule has 0 aliphatic carbocycles. The van der Waals surface area contributed by atoms with Gasteiger partial charge in [-0.05, 0) is 31.5 Å². The van der Waals surface area contributed by atoms with Crippen molar-refractivity contribution in [2.24, 2.45) is 0 Å². The van der Waals surface area contributed by atoms with E-state index in [0.29, 0.717) is 6.79 Å². The molecule has 1 N–H and O–H groups in total. The summed E-state index contributed by atoms with van der Waals surface area (Å²) in [5.74, 6) is 1.64. The van der Waals surface area contributed by atoms with Gasteiger partial charge in [0.25, 0.3) is 0 Å². The van der Waals surface area contributed by atoms with E-state index >= 15 is 0 Å². The monoisotopic (exact) mass is 305 g/mol. The van der Waals surface area contributed by atoms with Gasteiger partial charge in [-0.3, -0.25) is 4.90 Å². The van der Waals surface area contributed by atoms with Crippen molar-refractivity contribution in [3.8, 4) is 11.5 Å². The highest BCUT2D eigenvalue weighted by Crippen LogP contribution is 2.32. The van der Waals surface area contributed by atoms with Crippen molar-refractivity contribution in [2.75, 3.05) is 33.0 Å². The topological polar surface area (TPSA) is 54.0 Å². The second-order valence-corrected chi connectivity index (χ2v) is 6.06. The van der Waals surface area contributed by atoms with Crippen molar-refractivity contribution in [1.29, 1.82) is 0 Å². The lowest BCUT2D eigenvalue weighted by Gasteiger charge is -2.35. The van der Waals surface area contributed by atoms with Crippen LogP contribution < -0.4 is 14.8 Å². The molecule has 1 fully saturated rings. The first-order chi connectivity index (χ1) is 10.6. The smallest absolute Gasteiger partial charge is 0.317 e. The fourth-order valence-corrected chi connectivity index (χ4v) is 2.74. The van der Waals surface area contributed by atoms with E-state index in [0.717, 1.165) is 44.2 Å². The minimum atomic E-state index is 0.0396. The summed E-state index contributed by atoms with van der Waals surface area (Å²) < 4.78 is 10.7. The lowest BCUT2D eigenvalue weighted by molar-refractivity contribution is 0.134. The molecule has 0 spiro atoms. The Morgan fingerprint density at radius 1 is 1.18 bits per heavy atom. The van der Waals surface area contributed by atoms with Gasteiger partial charge in [0, 0.05) is 38.8 Å². The van der Waals surface area contributed by atoms with Crippen LogP contribution in [0.1, 0.15) is 19.4 Å². The molecule has 0 radical (unpaired) electrons. The number of hydrogen-bond acceptors (Lipinski definition) is 4. The minimum Gasteiger partial charge on any atom is -0.454 e. The second kappa shape index (κ2) is 6.44. The number of carbonyl (C=O) groups excluding carboxylic acids is 1. The van der Waals surface area contributed by atoms with Gasteiger partial charge in [-0.25, -0.2) is 4.79 Å². The summed E-state index contributed by atoms with van der Waals surface area (Å²) in [5, 5.41) is 2.94. The Bertz CT molecular complexity index is 539. The van der Waals surface area contributed by atoms with Gasteiger partial charge in [-0.1, -0.05) is 6.07 Å². The number of ether oxygens (including phenoxy) is 2. The molecular weight excluding hydrogens is 282 g/mol. The molecule has 0 aromatic heterocycles. The minimum absolute atomic E-state index is 0.0396. The van der Waals surface area contributed by atoms with Crippen molar-refractivity contribution < 1.29 is 14.3 Å². The van der Waals surface area contributed by atoms with Gasteiger partial charge < -0.3 is 19.7 Å². The third-order valence-electron chi connectivity index (χ3n) is 3.91. The summed E-state index contributed by atoms with van der Waals surface area (Å²) in [6, 6.07) is 6.30. The third-order valence-corrected chi connectivity index (χ3v) is 3.91. The van der Waals surface area contributed by atoms with Crippen LogP contribution in [-0.2, 0) is 6.54 Å². The quantitative estimate of drug-likeness (QED) is 0.922. The molecule has 1 aromatic carbocycles. The second-order valence-electron chi connectivity index (χ2n) is 6.06. The number of carbonyl (C=O) groups is 1. The first kappa shape index (κ1) is 15.0. The molecule has 1 saturated heterocycles. The van der Waals surface area contributed by atoms with E-state index in [1.807, 2.05) is 30.9 Å². The maximum absolute atomic E-state index is 12.0. The van der Waals surface area contributed by atoms with Crippen LogP contribution in [-0.4, -0.2) is 54.8 Å². The van der Waals surface area contributed by atoms with E-state index in [2.05, 4.69) is 16.3 Å². The Balaban J connectivity index is 1.51. The number of nitrogens with one attached hydrogen (secondary N) is 1. The Kier molecular flexibility index (Phi) is 4.38. The normalized spacial score (nSPS) is 17.9. The van der Waals surface area contributed by atoms with Crippen LogP contribution in [0.5, 0.6) is 11.5 Å². The predicted molar refractivity (Wildman–Crippen MR) is 83.1 cm³/mol. The Morgan fingerprint density at radius 3 is 2.64 bits per heavy atom. The molecule has 2 heterocycles. The van der Waals surface area contributed by atoms with Crippen molar-refractivity contribution in [1.82, 2.24) is 15.1 Å². The van der Waals surface area contributed by atoms with Crippen molar-refractivity contribution in [3.63, 3.8) is 0 Å². The summed E-state index contributed by atoms with van der Waals surface area (Å²) in [4.78, 5) is 16.2. The van der Waals surface area contributed by atoms with Gasteiger partial charge >= 0.3 is 6.03 Å². The molecule has 0 bridgehead atoms. The van der Waals surface area contributed by atoms with E-state index in [9.17, 15) is 4.79 Å². The van der Waals surface area contributed by atoms with Crippen LogP contribution in [0.15, 0.2) is 18.2 Å². The zero-order valence-corrected chi connectivity index (χ0v) is 13.2.